The van der Waals surface area contributed by atoms with Crippen molar-refractivity contribution < 1.29 is 0 Å². The van der Waals surface area contributed by atoms with E-state index in [0.717, 1.165) is 22.5 Å². The average molecular weight is 379 g/mol. The molecule has 3 aromatic carbocycles. The van der Waals surface area contributed by atoms with E-state index in [1.54, 1.807) is 0 Å². The molecule has 0 aliphatic rings. The van der Waals surface area contributed by atoms with Crippen LogP contribution in [0.1, 0.15) is 11.1 Å². The van der Waals surface area contributed by atoms with E-state index in [9.17, 15) is 0 Å². The fourth-order valence-corrected chi connectivity index (χ4v) is 3.39. The van der Waals surface area contributed by atoms with Gasteiger partial charge in [-0.05, 0) is 49.2 Å². The first kappa shape index (κ1) is 18.9. The van der Waals surface area contributed by atoms with E-state index in [0.29, 0.717) is 0 Å². The van der Waals surface area contributed by atoms with Crippen molar-refractivity contribution in [3.8, 4) is 33.6 Å². The lowest BCUT2D eigenvalue weighted by atomic mass is 9.99. The molecule has 2 nitrogen and oxygen atoms in total. The largest absolute Gasteiger partial charge is 0.378 e. The van der Waals surface area contributed by atoms with Crippen LogP contribution in [0.25, 0.3) is 33.6 Å². The summed E-state index contributed by atoms with van der Waals surface area (Å²) in [4.78, 5) is 7.11. The molecule has 0 saturated carbocycles. The Kier molecular flexibility index (Phi) is 5.18. The van der Waals surface area contributed by atoms with E-state index in [4.69, 9.17) is 4.98 Å². The van der Waals surface area contributed by atoms with Crippen LogP contribution < -0.4 is 4.90 Å². The second kappa shape index (κ2) is 7.92. The molecular weight excluding hydrogens is 352 g/mol. The van der Waals surface area contributed by atoms with Crippen molar-refractivity contribution in [1.82, 2.24) is 4.98 Å². The fourth-order valence-electron chi connectivity index (χ4n) is 3.39. The highest BCUT2D eigenvalue weighted by Crippen LogP contribution is 2.31. The van der Waals surface area contributed by atoms with Crippen LogP contribution in [0.2, 0.25) is 0 Å². The van der Waals surface area contributed by atoms with Gasteiger partial charge < -0.3 is 4.90 Å². The summed E-state index contributed by atoms with van der Waals surface area (Å²) in [6, 6.07) is 30.2. The first-order valence-electron chi connectivity index (χ1n) is 9.93. The van der Waals surface area contributed by atoms with Crippen LogP contribution in [0.5, 0.6) is 0 Å². The lowest BCUT2D eigenvalue weighted by Gasteiger charge is -2.14. The Morgan fingerprint density at radius 2 is 0.931 bits per heavy atom. The van der Waals surface area contributed by atoms with Gasteiger partial charge in [0, 0.05) is 30.9 Å². The second-order valence-electron chi connectivity index (χ2n) is 7.80. The maximum absolute atomic E-state index is 5.00. The van der Waals surface area contributed by atoms with E-state index < -0.39 is 0 Å². The zero-order chi connectivity index (χ0) is 20.4. The van der Waals surface area contributed by atoms with Crippen LogP contribution in [0, 0.1) is 13.8 Å². The molecule has 4 aromatic rings. The molecule has 0 amide bonds. The Balaban J connectivity index is 1.85. The minimum Gasteiger partial charge on any atom is -0.378 e. The van der Waals surface area contributed by atoms with Gasteiger partial charge in [-0.25, -0.2) is 4.98 Å². The quantitative estimate of drug-likeness (QED) is 0.390. The number of hydrogen-bond acceptors (Lipinski definition) is 2. The highest BCUT2D eigenvalue weighted by Gasteiger charge is 2.09. The first-order chi connectivity index (χ1) is 14.0. The zero-order valence-electron chi connectivity index (χ0n) is 17.5. The molecule has 0 spiro atoms. The number of pyridine rings is 1. The number of nitrogens with zero attached hydrogens (tertiary/aromatic N) is 2. The summed E-state index contributed by atoms with van der Waals surface area (Å²) < 4.78 is 0. The number of hydrogen-bond donors (Lipinski definition) is 0. The number of aromatic nitrogens is 1. The van der Waals surface area contributed by atoms with Crippen molar-refractivity contribution in [3.05, 3.63) is 96.1 Å². The fraction of sp³-hybridized carbons (Fsp3) is 0.148. The molecule has 0 aliphatic carbocycles. The molecule has 29 heavy (non-hydrogen) atoms. The van der Waals surface area contributed by atoms with Gasteiger partial charge in [0.2, 0.25) is 0 Å². The van der Waals surface area contributed by atoms with Crippen molar-refractivity contribution in [2.45, 2.75) is 13.8 Å². The van der Waals surface area contributed by atoms with Crippen LogP contribution in [0.15, 0.2) is 84.9 Å². The average Bonchev–Trinajstić information content (AvgIpc) is 2.74. The molecule has 0 bridgehead atoms. The Morgan fingerprint density at radius 1 is 0.517 bits per heavy atom. The van der Waals surface area contributed by atoms with Gasteiger partial charge >= 0.3 is 0 Å². The molecule has 1 aromatic heterocycles. The summed E-state index contributed by atoms with van der Waals surface area (Å²) >= 11 is 0. The zero-order valence-corrected chi connectivity index (χ0v) is 17.5. The van der Waals surface area contributed by atoms with Gasteiger partial charge in [0.1, 0.15) is 0 Å². The van der Waals surface area contributed by atoms with Gasteiger partial charge in [-0.1, -0.05) is 71.8 Å². The number of aryl methyl sites for hydroxylation is 2. The molecule has 0 atom stereocenters. The lowest BCUT2D eigenvalue weighted by molar-refractivity contribution is 1.13. The molecule has 144 valence electrons. The van der Waals surface area contributed by atoms with Crippen molar-refractivity contribution in [2.24, 2.45) is 0 Å². The van der Waals surface area contributed by atoms with Crippen molar-refractivity contribution in [1.29, 1.82) is 0 Å². The molecule has 0 saturated heterocycles. The molecule has 2 heteroatoms. The summed E-state index contributed by atoms with van der Waals surface area (Å²) in [5.74, 6) is 0. The van der Waals surface area contributed by atoms with E-state index in [2.05, 4.69) is 118 Å². The molecule has 0 N–H and O–H groups in total. The number of anilines is 1. The van der Waals surface area contributed by atoms with E-state index >= 15 is 0 Å². The highest BCUT2D eigenvalue weighted by molar-refractivity contribution is 5.77. The van der Waals surface area contributed by atoms with Crippen molar-refractivity contribution >= 4 is 5.69 Å². The van der Waals surface area contributed by atoms with E-state index in [1.807, 2.05) is 0 Å². The summed E-state index contributed by atoms with van der Waals surface area (Å²) in [7, 11) is 4.12. The molecule has 1 heterocycles. The standard InChI is InChI=1S/C27H26N2/c1-19-5-9-22(10-6-19)26-17-24(21-13-15-25(16-14-21)29(3)4)18-27(28-26)23-11-7-20(2)8-12-23/h5-18H,1-4H3. The van der Waals surface area contributed by atoms with Crippen LogP contribution in [-0.4, -0.2) is 19.1 Å². The van der Waals surface area contributed by atoms with Gasteiger partial charge in [-0.15, -0.1) is 0 Å². The van der Waals surface area contributed by atoms with Crippen molar-refractivity contribution in [3.63, 3.8) is 0 Å². The molecule has 4 rings (SSSR count). The lowest BCUT2D eigenvalue weighted by Crippen LogP contribution is -2.07. The molecular formula is C27H26N2. The maximum Gasteiger partial charge on any atom is 0.0715 e. The monoisotopic (exact) mass is 378 g/mol. The summed E-state index contributed by atoms with van der Waals surface area (Å²) in [6.45, 7) is 4.22. The van der Waals surface area contributed by atoms with Gasteiger partial charge in [0.25, 0.3) is 0 Å². The first-order valence-corrected chi connectivity index (χ1v) is 9.93. The second-order valence-corrected chi connectivity index (χ2v) is 7.80. The van der Waals surface area contributed by atoms with Crippen LogP contribution in [0.3, 0.4) is 0 Å². The molecule has 0 unspecified atom stereocenters. The topological polar surface area (TPSA) is 16.1 Å². The van der Waals surface area contributed by atoms with Crippen LogP contribution in [0.4, 0.5) is 5.69 Å². The van der Waals surface area contributed by atoms with Crippen molar-refractivity contribution in [2.75, 3.05) is 19.0 Å². The van der Waals surface area contributed by atoms with Crippen LogP contribution >= 0.6 is 0 Å². The predicted molar refractivity (Wildman–Crippen MR) is 124 cm³/mol. The molecule has 0 aliphatic heterocycles. The van der Waals surface area contributed by atoms with E-state index in [-0.39, 0.29) is 0 Å². The van der Waals surface area contributed by atoms with Crippen LogP contribution in [-0.2, 0) is 0 Å². The summed E-state index contributed by atoms with van der Waals surface area (Å²) in [6.07, 6.45) is 0. The Morgan fingerprint density at radius 3 is 1.34 bits per heavy atom. The van der Waals surface area contributed by atoms with Gasteiger partial charge in [-0.3, -0.25) is 0 Å². The third kappa shape index (κ3) is 4.22. The Hall–Kier alpha value is -3.39. The minimum atomic E-state index is 0.995. The van der Waals surface area contributed by atoms with Gasteiger partial charge in [0.15, 0.2) is 0 Å². The third-order valence-corrected chi connectivity index (χ3v) is 5.24. The molecule has 0 fully saturated rings. The predicted octanol–water partition coefficient (Wildman–Crippen LogP) is 6.77. The summed E-state index contributed by atoms with van der Waals surface area (Å²) in [5.41, 5.74) is 10.3. The minimum absolute atomic E-state index is 0.995. The van der Waals surface area contributed by atoms with Gasteiger partial charge in [-0.2, -0.15) is 0 Å². The third-order valence-electron chi connectivity index (χ3n) is 5.24. The molecule has 0 radical (unpaired) electrons. The number of benzene rings is 3. The normalized spacial score (nSPS) is 10.8. The number of rotatable bonds is 4. The SMILES string of the molecule is Cc1ccc(-c2cc(-c3ccc(N(C)C)cc3)cc(-c3ccc(C)cc3)n2)cc1. The summed E-state index contributed by atoms with van der Waals surface area (Å²) in [5, 5.41) is 0. The van der Waals surface area contributed by atoms with Gasteiger partial charge in [0.05, 0.1) is 11.4 Å². The highest BCUT2D eigenvalue weighted by atomic mass is 15.1. The smallest absolute Gasteiger partial charge is 0.0715 e. The Labute approximate surface area is 173 Å². The maximum atomic E-state index is 5.00. The Bertz CT molecular complexity index is 1040. The van der Waals surface area contributed by atoms with E-state index in [1.165, 1.54) is 27.9 Å².